The molecule has 3 N–H and O–H groups in total. The summed E-state index contributed by atoms with van der Waals surface area (Å²) >= 11 is 8.15. The second-order valence-corrected chi connectivity index (χ2v) is 5.38. The first kappa shape index (κ1) is 14.7. The summed E-state index contributed by atoms with van der Waals surface area (Å²) in [5, 5.41) is 3.09. The number of benzene rings is 2. The molecule has 0 heterocycles. The molecule has 20 heavy (non-hydrogen) atoms. The highest BCUT2D eigenvalue weighted by atomic mass is 79.9. The van der Waals surface area contributed by atoms with Crippen LogP contribution in [0.5, 0.6) is 5.75 Å². The largest absolute Gasteiger partial charge is 0.495 e. The summed E-state index contributed by atoms with van der Waals surface area (Å²) in [7, 11) is 1.57. The van der Waals surface area contributed by atoms with Crippen molar-refractivity contribution in [2.24, 2.45) is 5.73 Å². The van der Waals surface area contributed by atoms with Gasteiger partial charge in [-0.2, -0.15) is 0 Å². The summed E-state index contributed by atoms with van der Waals surface area (Å²) in [6.07, 6.45) is 0. The van der Waals surface area contributed by atoms with E-state index in [1.165, 1.54) is 6.07 Å². The standard InChI is InChI=1S/C14H12BrFN2OS/c1-19-13-5-2-8(15)6-12(13)18-9-3-4-10(14(17)20)11(16)7-9/h2-7,18H,1H3,(H2,17,20). The van der Waals surface area contributed by atoms with E-state index in [1.54, 1.807) is 19.2 Å². The number of hydrogen-bond acceptors (Lipinski definition) is 3. The molecule has 0 saturated heterocycles. The van der Waals surface area contributed by atoms with E-state index in [9.17, 15) is 4.39 Å². The fraction of sp³-hybridized carbons (Fsp3) is 0.0714. The molecular weight excluding hydrogens is 343 g/mol. The molecule has 104 valence electrons. The molecule has 0 spiro atoms. The summed E-state index contributed by atoms with van der Waals surface area (Å²) in [6, 6.07) is 10.1. The van der Waals surface area contributed by atoms with Gasteiger partial charge in [0, 0.05) is 15.7 Å². The average Bonchev–Trinajstić information content (AvgIpc) is 2.38. The van der Waals surface area contributed by atoms with Gasteiger partial charge in [0.15, 0.2) is 0 Å². The minimum Gasteiger partial charge on any atom is -0.495 e. The lowest BCUT2D eigenvalue weighted by molar-refractivity contribution is 0.416. The van der Waals surface area contributed by atoms with Crippen LogP contribution in [0.25, 0.3) is 0 Å². The van der Waals surface area contributed by atoms with E-state index in [4.69, 9.17) is 22.7 Å². The fourth-order valence-electron chi connectivity index (χ4n) is 1.73. The van der Waals surface area contributed by atoms with Crippen LogP contribution < -0.4 is 15.8 Å². The molecule has 0 unspecified atom stereocenters. The molecule has 2 rings (SSSR count). The Bertz CT molecular complexity index is 664. The van der Waals surface area contributed by atoms with Gasteiger partial charge in [0.1, 0.15) is 16.6 Å². The van der Waals surface area contributed by atoms with Crippen molar-refractivity contribution in [1.29, 1.82) is 0 Å². The van der Waals surface area contributed by atoms with Crippen molar-refractivity contribution in [2.45, 2.75) is 0 Å². The monoisotopic (exact) mass is 354 g/mol. The van der Waals surface area contributed by atoms with Gasteiger partial charge in [-0.25, -0.2) is 4.39 Å². The zero-order valence-electron chi connectivity index (χ0n) is 10.6. The molecule has 3 nitrogen and oxygen atoms in total. The number of ether oxygens (including phenoxy) is 1. The molecule has 2 aromatic rings. The van der Waals surface area contributed by atoms with Crippen LogP contribution in [-0.4, -0.2) is 12.1 Å². The number of halogens is 2. The van der Waals surface area contributed by atoms with Crippen LogP contribution in [0.3, 0.4) is 0 Å². The number of thiocarbonyl (C=S) groups is 1. The minimum absolute atomic E-state index is 0.0362. The Kier molecular flexibility index (Phi) is 4.57. The third kappa shape index (κ3) is 3.26. The summed E-state index contributed by atoms with van der Waals surface area (Å²) in [5.41, 5.74) is 6.96. The van der Waals surface area contributed by atoms with E-state index in [0.29, 0.717) is 11.4 Å². The first-order valence-electron chi connectivity index (χ1n) is 5.71. The first-order chi connectivity index (χ1) is 9.51. The predicted molar refractivity (Wildman–Crippen MR) is 86.3 cm³/mol. The molecule has 0 saturated carbocycles. The number of nitrogens with two attached hydrogens (primary N) is 1. The van der Waals surface area contributed by atoms with Gasteiger partial charge < -0.3 is 15.8 Å². The quantitative estimate of drug-likeness (QED) is 0.815. The number of methoxy groups -OCH3 is 1. The van der Waals surface area contributed by atoms with E-state index < -0.39 is 5.82 Å². The van der Waals surface area contributed by atoms with E-state index in [-0.39, 0.29) is 10.6 Å². The Labute approximate surface area is 130 Å². The number of nitrogens with one attached hydrogen (secondary N) is 1. The first-order valence-corrected chi connectivity index (χ1v) is 6.91. The number of rotatable bonds is 4. The predicted octanol–water partition coefficient (Wildman–Crippen LogP) is 3.97. The molecule has 0 atom stereocenters. The molecule has 0 radical (unpaired) electrons. The molecule has 0 aliphatic heterocycles. The molecule has 0 aliphatic rings. The van der Waals surface area contributed by atoms with Crippen molar-refractivity contribution in [3.05, 3.63) is 52.3 Å². The van der Waals surface area contributed by atoms with Crippen molar-refractivity contribution in [2.75, 3.05) is 12.4 Å². The third-order valence-corrected chi connectivity index (χ3v) is 3.39. The maximum Gasteiger partial charge on any atom is 0.142 e. The highest BCUT2D eigenvalue weighted by Crippen LogP contribution is 2.31. The highest BCUT2D eigenvalue weighted by Gasteiger charge is 2.08. The third-order valence-electron chi connectivity index (χ3n) is 2.68. The van der Waals surface area contributed by atoms with Crippen LogP contribution in [0.1, 0.15) is 5.56 Å². The Morgan fingerprint density at radius 3 is 2.65 bits per heavy atom. The fourth-order valence-corrected chi connectivity index (χ4v) is 2.25. The van der Waals surface area contributed by atoms with Gasteiger partial charge in [0.05, 0.1) is 12.8 Å². The van der Waals surface area contributed by atoms with E-state index in [0.717, 1.165) is 10.2 Å². The molecule has 0 aromatic heterocycles. The smallest absolute Gasteiger partial charge is 0.142 e. The van der Waals surface area contributed by atoms with Gasteiger partial charge in [-0.1, -0.05) is 28.1 Å². The Balaban J connectivity index is 2.33. The second-order valence-electron chi connectivity index (χ2n) is 4.03. The molecule has 0 fully saturated rings. The Hall–Kier alpha value is -1.66. The van der Waals surface area contributed by atoms with Crippen LogP contribution in [0.2, 0.25) is 0 Å². The zero-order valence-corrected chi connectivity index (χ0v) is 13.0. The van der Waals surface area contributed by atoms with Crippen LogP contribution >= 0.6 is 28.1 Å². The summed E-state index contributed by atoms with van der Waals surface area (Å²) in [4.78, 5) is 0.0362. The van der Waals surface area contributed by atoms with Gasteiger partial charge in [-0.05, 0) is 36.4 Å². The molecule has 6 heteroatoms. The van der Waals surface area contributed by atoms with Gasteiger partial charge >= 0.3 is 0 Å². The maximum atomic E-state index is 13.8. The van der Waals surface area contributed by atoms with Gasteiger partial charge in [0.25, 0.3) is 0 Å². The number of hydrogen-bond donors (Lipinski definition) is 2. The van der Waals surface area contributed by atoms with Gasteiger partial charge in [-0.3, -0.25) is 0 Å². The van der Waals surface area contributed by atoms with Crippen molar-refractivity contribution in [1.82, 2.24) is 0 Å². The van der Waals surface area contributed by atoms with Crippen LogP contribution in [0.4, 0.5) is 15.8 Å². The molecule has 2 aromatic carbocycles. The van der Waals surface area contributed by atoms with E-state index in [1.807, 2.05) is 18.2 Å². The second kappa shape index (κ2) is 6.19. The van der Waals surface area contributed by atoms with Crippen LogP contribution in [0, 0.1) is 5.82 Å². The van der Waals surface area contributed by atoms with E-state index >= 15 is 0 Å². The summed E-state index contributed by atoms with van der Waals surface area (Å²) in [6.45, 7) is 0. The summed E-state index contributed by atoms with van der Waals surface area (Å²) in [5.74, 6) is 0.198. The van der Waals surface area contributed by atoms with Gasteiger partial charge in [0.2, 0.25) is 0 Å². The normalized spacial score (nSPS) is 10.2. The van der Waals surface area contributed by atoms with Crippen molar-refractivity contribution in [3.63, 3.8) is 0 Å². The van der Waals surface area contributed by atoms with Crippen LogP contribution in [-0.2, 0) is 0 Å². The molecule has 0 aliphatic carbocycles. The Morgan fingerprint density at radius 2 is 2.05 bits per heavy atom. The lowest BCUT2D eigenvalue weighted by Crippen LogP contribution is -2.11. The van der Waals surface area contributed by atoms with Crippen LogP contribution in [0.15, 0.2) is 40.9 Å². The maximum absolute atomic E-state index is 13.8. The lowest BCUT2D eigenvalue weighted by atomic mass is 10.2. The van der Waals surface area contributed by atoms with Gasteiger partial charge in [-0.15, -0.1) is 0 Å². The topological polar surface area (TPSA) is 47.3 Å². The lowest BCUT2D eigenvalue weighted by Gasteiger charge is -2.12. The average molecular weight is 355 g/mol. The number of anilines is 2. The molecular formula is C14H12BrFN2OS. The minimum atomic E-state index is -0.462. The van der Waals surface area contributed by atoms with E-state index in [2.05, 4.69) is 21.2 Å². The summed E-state index contributed by atoms with van der Waals surface area (Å²) < 4.78 is 20.0. The van der Waals surface area contributed by atoms with Crippen molar-refractivity contribution < 1.29 is 9.13 Å². The molecule has 0 amide bonds. The highest BCUT2D eigenvalue weighted by molar-refractivity contribution is 9.10. The SMILES string of the molecule is COc1ccc(Br)cc1Nc1ccc(C(N)=S)c(F)c1. The Morgan fingerprint density at radius 1 is 1.30 bits per heavy atom. The van der Waals surface area contributed by atoms with Crippen molar-refractivity contribution in [3.8, 4) is 5.75 Å². The molecule has 0 bridgehead atoms. The van der Waals surface area contributed by atoms with Crippen molar-refractivity contribution >= 4 is 44.5 Å². The zero-order chi connectivity index (χ0) is 14.7.